The van der Waals surface area contributed by atoms with Crippen LogP contribution in [0.2, 0.25) is 0 Å². The van der Waals surface area contributed by atoms with Gasteiger partial charge in [0.1, 0.15) is 0 Å². The number of aryl methyl sites for hydroxylation is 3. The van der Waals surface area contributed by atoms with Gasteiger partial charge in [-0.25, -0.2) is 0 Å². The minimum absolute atomic E-state index is 0.129. The highest BCUT2D eigenvalue weighted by atomic mass is 16.2. The average molecular weight is 190 g/mol. The van der Waals surface area contributed by atoms with Crippen LogP contribution in [0.3, 0.4) is 0 Å². The van der Waals surface area contributed by atoms with Gasteiger partial charge in [0.05, 0.1) is 6.61 Å². The van der Waals surface area contributed by atoms with E-state index in [2.05, 4.69) is 32.9 Å². The Morgan fingerprint density at radius 1 is 1.07 bits per heavy atom. The molecule has 0 bridgehead atoms. The quantitative estimate of drug-likeness (QED) is 0.727. The van der Waals surface area contributed by atoms with Gasteiger partial charge in [-0.15, -0.1) is 0 Å². The maximum atomic E-state index is 8.64. The Kier molecular flexibility index (Phi) is 3.90. The summed E-state index contributed by atoms with van der Waals surface area (Å²) in [6.45, 7) is 6.53. The highest BCUT2D eigenvalue weighted by molar-refractivity contribution is 5.38. The zero-order valence-corrected chi connectivity index (χ0v) is 9.17. The van der Waals surface area contributed by atoms with Crippen molar-refractivity contribution in [3.63, 3.8) is 0 Å². The van der Waals surface area contributed by atoms with Crippen molar-refractivity contribution in [1.29, 1.82) is 0 Å². The largest absolute Gasteiger partial charge is 0.392 e. The molecule has 0 aliphatic rings. The van der Waals surface area contributed by atoms with E-state index in [1.54, 1.807) is 6.08 Å². The summed E-state index contributed by atoms with van der Waals surface area (Å²) >= 11 is 0. The van der Waals surface area contributed by atoms with Gasteiger partial charge in [0.2, 0.25) is 0 Å². The van der Waals surface area contributed by atoms with Crippen LogP contribution in [-0.4, -0.2) is 11.7 Å². The van der Waals surface area contributed by atoms with Gasteiger partial charge in [-0.3, -0.25) is 0 Å². The van der Waals surface area contributed by atoms with E-state index in [0.29, 0.717) is 0 Å². The summed E-state index contributed by atoms with van der Waals surface area (Å²) in [5.74, 6) is 0. The molecule has 76 valence electrons. The molecule has 1 nitrogen and oxygen atoms in total. The Hall–Kier alpha value is -1.08. The van der Waals surface area contributed by atoms with Crippen molar-refractivity contribution >= 4 is 0 Å². The summed E-state index contributed by atoms with van der Waals surface area (Å²) in [5, 5.41) is 8.64. The molecule has 1 aromatic rings. The highest BCUT2D eigenvalue weighted by Crippen LogP contribution is 2.17. The monoisotopic (exact) mass is 190 g/mol. The molecule has 0 aromatic heterocycles. The number of rotatable bonds is 3. The van der Waals surface area contributed by atoms with E-state index in [1.807, 2.05) is 6.08 Å². The molecule has 0 saturated heterocycles. The van der Waals surface area contributed by atoms with Gasteiger partial charge >= 0.3 is 0 Å². The first kappa shape index (κ1) is 11.0. The first-order valence-electron chi connectivity index (χ1n) is 4.97. The molecule has 0 aliphatic carbocycles. The molecule has 1 N–H and O–H groups in total. The van der Waals surface area contributed by atoms with Crippen molar-refractivity contribution in [2.24, 2.45) is 0 Å². The van der Waals surface area contributed by atoms with Gasteiger partial charge in [0.25, 0.3) is 0 Å². The molecule has 0 saturated carbocycles. The van der Waals surface area contributed by atoms with Crippen LogP contribution in [0.15, 0.2) is 24.3 Å². The third-order valence-electron chi connectivity index (χ3n) is 2.43. The third kappa shape index (κ3) is 2.71. The van der Waals surface area contributed by atoms with Crippen molar-refractivity contribution in [1.82, 2.24) is 0 Å². The topological polar surface area (TPSA) is 20.2 Å². The maximum Gasteiger partial charge on any atom is 0.0612 e. The van der Waals surface area contributed by atoms with Crippen molar-refractivity contribution < 1.29 is 5.11 Å². The lowest BCUT2D eigenvalue weighted by Crippen LogP contribution is -1.93. The Morgan fingerprint density at radius 2 is 1.64 bits per heavy atom. The van der Waals surface area contributed by atoms with Crippen LogP contribution in [0.4, 0.5) is 0 Å². The molecule has 14 heavy (non-hydrogen) atoms. The fourth-order valence-electron chi connectivity index (χ4n) is 1.81. The summed E-state index contributed by atoms with van der Waals surface area (Å²) in [6, 6.07) is 4.41. The van der Waals surface area contributed by atoms with E-state index in [-0.39, 0.29) is 6.61 Å². The molecular formula is C13H18O. The molecule has 0 amide bonds. The fraction of sp³-hybridized carbons (Fsp3) is 0.385. The molecule has 0 fully saturated rings. The van der Waals surface area contributed by atoms with E-state index in [0.717, 1.165) is 6.42 Å². The van der Waals surface area contributed by atoms with Crippen molar-refractivity contribution in [3.8, 4) is 0 Å². The van der Waals surface area contributed by atoms with Crippen LogP contribution >= 0.6 is 0 Å². The Bertz CT molecular complexity index is 314. The fourth-order valence-corrected chi connectivity index (χ4v) is 1.81. The molecule has 0 aliphatic heterocycles. The van der Waals surface area contributed by atoms with Crippen molar-refractivity contribution in [3.05, 3.63) is 46.5 Å². The van der Waals surface area contributed by atoms with Gasteiger partial charge in [0, 0.05) is 0 Å². The number of aliphatic hydroxyl groups excluding tert-OH is 1. The molecule has 0 unspecified atom stereocenters. The Balaban J connectivity index is 2.91. The summed E-state index contributed by atoms with van der Waals surface area (Å²) < 4.78 is 0. The van der Waals surface area contributed by atoms with Crippen LogP contribution < -0.4 is 0 Å². The molecule has 0 atom stereocenters. The smallest absolute Gasteiger partial charge is 0.0612 e. The second-order valence-electron chi connectivity index (χ2n) is 3.74. The molecule has 0 spiro atoms. The van der Waals surface area contributed by atoms with E-state index in [1.165, 1.54) is 22.3 Å². The number of hydrogen-bond acceptors (Lipinski definition) is 1. The maximum absolute atomic E-state index is 8.64. The van der Waals surface area contributed by atoms with Crippen LogP contribution in [0.1, 0.15) is 22.3 Å². The van der Waals surface area contributed by atoms with Crippen molar-refractivity contribution in [2.45, 2.75) is 27.2 Å². The average Bonchev–Trinajstić information content (AvgIpc) is 2.09. The lowest BCUT2D eigenvalue weighted by atomic mass is 9.97. The normalized spacial score (nSPS) is 11.1. The van der Waals surface area contributed by atoms with Crippen LogP contribution in [0.25, 0.3) is 0 Å². The molecule has 1 heteroatoms. The highest BCUT2D eigenvalue weighted by Gasteiger charge is 2.01. The second-order valence-corrected chi connectivity index (χ2v) is 3.74. The van der Waals surface area contributed by atoms with Gasteiger partial charge in [-0.1, -0.05) is 29.8 Å². The molecule has 1 rings (SSSR count). The van der Waals surface area contributed by atoms with Gasteiger partial charge in [-0.05, 0) is 43.9 Å². The van der Waals surface area contributed by atoms with Crippen molar-refractivity contribution in [2.75, 3.05) is 6.61 Å². The van der Waals surface area contributed by atoms with Gasteiger partial charge < -0.3 is 5.11 Å². The lowest BCUT2D eigenvalue weighted by molar-refractivity contribution is 0.342. The number of allylic oxidation sites excluding steroid dienone is 1. The standard InChI is InChI=1S/C13H18O/c1-10-8-11(2)13(12(3)9-10)6-4-5-7-14/h4-5,8-9,14H,6-7H2,1-3H3/b5-4+. The van der Waals surface area contributed by atoms with E-state index in [9.17, 15) is 0 Å². The predicted molar refractivity (Wildman–Crippen MR) is 60.6 cm³/mol. The van der Waals surface area contributed by atoms with Crippen LogP contribution in [0, 0.1) is 20.8 Å². The van der Waals surface area contributed by atoms with Gasteiger partial charge in [-0.2, -0.15) is 0 Å². The predicted octanol–water partition coefficient (Wildman–Crippen LogP) is 2.70. The number of benzene rings is 1. The lowest BCUT2D eigenvalue weighted by Gasteiger charge is -2.08. The van der Waals surface area contributed by atoms with Gasteiger partial charge in [0.15, 0.2) is 0 Å². The van der Waals surface area contributed by atoms with E-state index in [4.69, 9.17) is 5.11 Å². The summed E-state index contributed by atoms with van der Waals surface area (Å²) in [5.41, 5.74) is 5.37. The molecule has 1 aromatic carbocycles. The third-order valence-corrected chi connectivity index (χ3v) is 2.43. The first-order chi connectivity index (χ1) is 6.65. The molecule has 0 heterocycles. The van der Waals surface area contributed by atoms with E-state index >= 15 is 0 Å². The number of hydrogen-bond donors (Lipinski definition) is 1. The minimum Gasteiger partial charge on any atom is -0.392 e. The number of aliphatic hydroxyl groups is 1. The van der Waals surface area contributed by atoms with Crippen LogP contribution in [0.5, 0.6) is 0 Å². The minimum atomic E-state index is 0.129. The summed E-state index contributed by atoms with van der Waals surface area (Å²) in [7, 11) is 0. The first-order valence-corrected chi connectivity index (χ1v) is 4.97. The zero-order valence-electron chi connectivity index (χ0n) is 9.17. The Morgan fingerprint density at radius 3 is 2.14 bits per heavy atom. The zero-order chi connectivity index (χ0) is 10.6. The molecular weight excluding hydrogens is 172 g/mol. The van der Waals surface area contributed by atoms with Crippen LogP contribution in [-0.2, 0) is 6.42 Å². The Labute approximate surface area is 86.1 Å². The SMILES string of the molecule is Cc1cc(C)c(C/C=C/CO)c(C)c1. The molecule has 0 radical (unpaired) electrons. The second kappa shape index (κ2) is 4.97. The summed E-state index contributed by atoms with van der Waals surface area (Å²) in [4.78, 5) is 0. The van der Waals surface area contributed by atoms with E-state index < -0.39 is 0 Å². The summed E-state index contributed by atoms with van der Waals surface area (Å²) in [6.07, 6.45) is 4.72.